The van der Waals surface area contributed by atoms with Crippen LogP contribution < -0.4 is 10.5 Å². The normalized spacial score (nSPS) is 18.5. The number of benzene rings is 1. The van der Waals surface area contributed by atoms with Gasteiger partial charge in [0, 0.05) is 25.2 Å². The maximum absolute atomic E-state index is 13.5. The van der Waals surface area contributed by atoms with Gasteiger partial charge >= 0.3 is 0 Å². The number of rotatable bonds is 5. The smallest absolute Gasteiger partial charge is 0.270 e. The summed E-state index contributed by atoms with van der Waals surface area (Å²) in [5, 5.41) is 9.72. The number of thioether (sulfide) groups is 1. The van der Waals surface area contributed by atoms with Crippen LogP contribution in [-0.2, 0) is 16.1 Å². The minimum Gasteiger partial charge on any atom is -0.378 e. The zero-order valence-corrected chi connectivity index (χ0v) is 21.0. The van der Waals surface area contributed by atoms with Crippen molar-refractivity contribution in [3.8, 4) is 6.07 Å². The van der Waals surface area contributed by atoms with Crippen molar-refractivity contribution in [2.75, 3.05) is 31.2 Å². The molecule has 2 aromatic rings. The minimum absolute atomic E-state index is 0.0956. The first kappa shape index (κ1) is 24.2. The maximum Gasteiger partial charge on any atom is 0.270 e. The van der Waals surface area contributed by atoms with Gasteiger partial charge in [-0.05, 0) is 38.0 Å². The van der Waals surface area contributed by atoms with E-state index in [0.717, 1.165) is 5.56 Å². The topological polar surface area (TPSA) is 78.6 Å². The predicted molar refractivity (Wildman–Crippen MR) is 139 cm³/mol. The molecule has 1 atom stereocenters. The van der Waals surface area contributed by atoms with E-state index in [4.69, 9.17) is 17.0 Å². The number of pyridine rings is 1. The third-order valence-electron chi connectivity index (χ3n) is 6.24. The fourth-order valence-corrected chi connectivity index (χ4v) is 5.78. The molecule has 4 rings (SSSR count). The fourth-order valence-electron chi connectivity index (χ4n) is 4.38. The van der Waals surface area contributed by atoms with Gasteiger partial charge in [-0.25, -0.2) is 0 Å². The van der Waals surface area contributed by atoms with Crippen LogP contribution in [0.2, 0.25) is 0 Å². The molecule has 0 aliphatic carbocycles. The summed E-state index contributed by atoms with van der Waals surface area (Å²) >= 11 is 6.84. The van der Waals surface area contributed by atoms with E-state index in [1.54, 1.807) is 22.5 Å². The van der Waals surface area contributed by atoms with Crippen molar-refractivity contribution in [3.63, 3.8) is 0 Å². The lowest BCUT2D eigenvalue weighted by Gasteiger charge is -2.33. The van der Waals surface area contributed by atoms with E-state index in [0.29, 0.717) is 59.0 Å². The second-order valence-electron chi connectivity index (χ2n) is 8.14. The first-order valence-electron chi connectivity index (χ1n) is 11.2. The average molecular weight is 495 g/mol. The van der Waals surface area contributed by atoms with Crippen molar-refractivity contribution < 1.29 is 9.53 Å². The van der Waals surface area contributed by atoms with Gasteiger partial charge < -0.3 is 9.64 Å². The van der Waals surface area contributed by atoms with Gasteiger partial charge in [0.2, 0.25) is 0 Å². The summed E-state index contributed by atoms with van der Waals surface area (Å²) in [4.78, 5) is 30.8. The second-order valence-corrected chi connectivity index (χ2v) is 9.81. The Balaban J connectivity index is 1.83. The van der Waals surface area contributed by atoms with Gasteiger partial charge in [0.25, 0.3) is 11.5 Å². The lowest BCUT2D eigenvalue weighted by molar-refractivity contribution is -0.123. The minimum atomic E-state index is -0.314. The molecular weight excluding hydrogens is 468 g/mol. The molecule has 176 valence electrons. The molecule has 0 radical (unpaired) electrons. The van der Waals surface area contributed by atoms with E-state index >= 15 is 0 Å². The van der Waals surface area contributed by atoms with E-state index in [-0.39, 0.29) is 23.1 Å². The van der Waals surface area contributed by atoms with E-state index < -0.39 is 0 Å². The van der Waals surface area contributed by atoms with Crippen molar-refractivity contribution in [3.05, 3.63) is 67.8 Å². The molecule has 2 saturated heterocycles. The molecule has 0 N–H and O–H groups in total. The van der Waals surface area contributed by atoms with Crippen LogP contribution in [0.1, 0.15) is 42.1 Å². The summed E-state index contributed by atoms with van der Waals surface area (Å²) < 4.78 is 7.62. The fraction of sp³-hybridized carbons (Fsp3) is 0.360. The molecule has 1 aromatic carbocycles. The van der Waals surface area contributed by atoms with Crippen LogP contribution in [0.5, 0.6) is 0 Å². The molecule has 0 bridgehead atoms. The number of aromatic nitrogens is 1. The Kier molecular flexibility index (Phi) is 7.22. The number of carbonyl (C=O) groups excluding carboxylic acids is 1. The SMILES string of the molecule is CCn1c(N2CCOCC2)c(/C=C2\SC(=S)N(C(C)c3ccccc3)C2=O)c(C)c(C#N)c1=O. The monoisotopic (exact) mass is 494 g/mol. The highest BCUT2D eigenvalue weighted by molar-refractivity contribution is 8.26. The molecule has 2 fully saturated rings. The van der Waals surface area contributed by atoms with Gasteiger partial charge in [-0.1, -0.05) is 54.3 Å². The number of anilines is 1. The van der Waals surface area contributed by atoms with Gasteiger partial charge in [-0.2, -0.15) is 5.26 Å². The van der Waals surface area contributed by atoms with Gasteiger partial charge in [-0.15, -0.1) is 0 Å². The summed E-state index contributed by atoms with van der Waals surface area (Å²) in [6.45, 7) is 8.36. The summed E-state index contributed by atoms with van der Waals surface area (Å²) in [6, 6.07) is 11.6. The van der Waals surface area contributed by atoms with Crippen LogP contribution in [0.3, 0.4) is 0 Å². The van der Waals surface area contributed by atoms with E-state index in [2.05, 4.69) is 11.0 Å². The summed E-state index contributed by atoms with van der Waals surface area (Å²) in [5.41, 5.74) is 2.05. The summed E-state index contributed by atoms with van der Waals surface area (Å²) in [6.07, 6.45) is 1.80. The molecule has 0 spiro atoms. The number of hydrogen-bond acceptors (Lipinski definition) is 7. The third-order valence-corrected chi connectivity index (χ3v) is 7.57. The van der Waals surface area contributed by atoms with Gasteiger partial charge in [0.1, 0.15) is 21.8 Å². The number of nitrogens with zero attached hydrogens (tertiary/aromatic N) is 4. The molecule has 7 nitrogen and oxygen atoms in total. The Labute approximate surface area is 208 Å². The first-order chi connectivity index (χ1) is 16.4. The predicted octanol–water partition coefficient (Wildman–Crippen LogP) is 3.85. The van der Waals surface area contributed by atoms with Gasteiger partial charge in [-0.3, -0.25) is 19.1 Å². The standard InChI is InChI=1S/C25H26N4O3S2/c1-4-28-22(27-10-12-32-13-11-27)19(16(2)20(15-26)23(28)30)14-21-24(31)29(25(33)34-21)17(3)18-8-6-5-7-9-18/h5-9,14,17H,4,10-13H2,1-3H3/b21-14-. The van der Waals surface area contributed by atoms with Crippen LogP contribution in [0.4, 0.5) is 5.82 Å². The molecule has 2 aliphatic heterocycles. The van der Waals surface area contributed by atoms with Crippen LogP contribution >= 0.6 is 24.0 Å². The number of amides is 1. The van der Waals surface area contributed by atoms with E-state index in [1.165, 1.54) is 11.8 Å². The van der Waals surface area contributed by atoms with Crippen LogP contribution in [-0.4, -0.2) is 46.0 Å². The highest BCUT2D eigenvalue weighted by atomic mass is 32.2. The summed E-state index contributed by atoms with van der Waals surface area (Å²) in [5.74, 6) is 0.542. The van der Waals surface area contributed by atoms with Crippen molar-refractivity contribution in [2.45, 2.75) is 33.4 Å². The highest BCUT2D eigenvalue weighted by Crippen LogP contribution is 2.39. The van der Waals surface area contributed by atoms with Crippen LogP contribution in [0.25, 0.3) is 6.08 Å². The number of ether oxygens (including phenoxy) is 1. The zero-order chi connectivity index (χ0) is 24.4. The zero-order valence-electron chi connectivity index (χ0n) is 19.4. The van der Waals surface area contributed by atoms with E-state index in [9.17, 15) is 14.9 Å². The van der Waals surface area contributed by atoms with Gasteiger partial charge in [0.15, 0.2) is 0 Å². The number of hydrogen-bond donors (Lipinski definition) is 0. The lowest BCUT2D eigenvalue weighted by atomic mass is 10.0. The van der Waals surface area contributed by atoms with Crippen molar-refractivity contribution >= 4 is 46.1 Å². The molecule has 3 heterocycles. The number of thiocarbonyl (C=S) groups is 1. The number of carbonyl (C=O) groups is 1. The average Bonchev–Trinajstić information content (AvgIpc) is 3.14. The molecule has 0 saturated carbocycles. The van der Waals surface area contributed by atoms with Crippen LogP contribution in [0.15, 0.2) is 40.0 Å². The Morgan fingerprint density at radius 3 is 2.53 bits per heavy atom. The molecule has 1 amide bonds. The Bertz CT molecular complexity index is 1260. The third kappa shape index (κ3) is 4.29. The first-order valence-corrected chi connectivity index (χ1v) is 12.4. The number of morpholine rings is 1. The molecule has 2 aliphatic rings. The Morgan fingerprint density at radius 2 is 1.91 bits per heavy atom. The van der Waals surface area contributed by atoms with Crippen molar-refractivity contribution in [1.29, 1.82) is 5.26 Å². The molecule has 1 unspecified atom stereocenters. The second kappa shape index (κ2) is 10.1. The number of nitriles is 1. The quantitative estimate of drug-likeness (QED) is 0.462. The molecule has 34 heavy (non-hydrogen) atoms. The molecular formula is C25H26N4O3S2. The van der Waals surface area contributed by atoms with Crippen molar-refractivity contribution in [2.24, 2.45) is 0 Å². The van der Waals surface area contributed by atoms with Crippen molar-refractivity contribution in [1.82, 2.24) is 9.47 Å². The Morgan fingerprint density at radius 1 is 1.24 bits per heavy atom. The maximum atomic E-state index is 13.5. The summed E-state index contributed by atoms with van der Waals surface area (Å²) in [7, 11) is 0. The molecule has 1 aromatic heterocycles. The Hall–Kier alpha value is -2.93. The van der Waals surface area contributed by atoms with E-state index in [1.807, 2.05) is 44.2 Å². The largest absolute Gasteiger partial charge is 0.378 e. The van der Waals surface area contributed by atoms with Gasteiger partial charge in [0.05, 0.1) is 24.2 Å². The van der Waals surface area contributed by atoms with Crippen LogP contribution in [0, 0.1) is 18.3 Å². The lowest BCUT2D eigenvalue weighted by Crippen LogP contribution is -2.41. The highest BCUT2D eigenvalue weighted by Gasteiger charge is 2.36. The molecule has 9 heteroatoms.